The maximum Gasteiger partial charge on any atom is 0.337 e. The average molecular weight is 311 g/mol. The number of hydrogen-bond donors (Lipinski definition) is 0. The molecule has 1 aromatic carbocycles. The van der Waals surface area contributed by atoms with Crippen LogP contribution in [0.2, 0.25) is 0 Å². The number of ether oxygens (including phenoxy) is 1. The SMILES string of the molecule is CC=c1c(=CC=C(C)C)c2ccc(C(=O)OC)cc2c(=O)n1C. The summed E-state index contributed by atoms with van der Waals surface area (Å²) < 4.78 is 6.34. The first-order valence-electron chi connectivity index (χ1n) is 7.43. The Labute approximate surface area is 135 Å². The smallest absolute Gasteiger partial charge is 0.337 e. The molecule has 4 nitrogen and oxygen atoms in total. The number of carbonyl (C=O) groups excluding carboxylic acids is 1. The van der Waals surface area contributed by atoms with Crippen LogP contribution in [0.4, 0.5) is 0 Å². The first-order chi connectivity index (χ1) is 10.9. The van der Waals surface area contributed by atoms with E-state index < -0.39 is 5.97 Å². The molecule has 0 spiro atoms. The number of nitrogens with zero attached hydrogens (tertiary/aromatic N) is 1. The molecule has 0 radical (unpaired) electrons. The zero-order chi connectivity index (χ0) is 17.1. The molecule has 0 aliphatic carbocycles. The third-order valence-electron chi connectivity index (χ3n) is 3.76. The lowest BCUT2D eigenvalue weighted by Crippen LogP contribution is -2.42. The summed E-state index contributed by atoms with van der Waals surface area (Å²) >= 11 is 0. The zero-order valence-corrected chi connectivity index (χ0v) is 14.1. The predicted molar refractivity (Wildman–Crippen MR) is 93.8 cm³/mol. The summed E-state index contributed by atoms with van der Waals surface area (Å²) in [6.07, 6.45) is 5.93. The normalized spacial score (nSPS) is 12.6. The van der Waals surface area contributed by atoms with Crippen molar-refractivity contribution in [2.45, 2.75) is 20.8 Å². The Bertz CT molecular complexity index is 974. The lowest BCUT2D eigenvalue weighted by atomic mass is 10.1. The molecule has 0 saturated carbocycles. The van der Waals surface area contributed by atoms with E-state index in [1.165, 1.54) is 12.7 Å². The molecule has 23 heavy (non-hydrogen) atoms. The number of rotatable bonds is 2. The van der Waals surface area contributed by atoms with Crippen molar-refractivity contribution < 1.29 is 9.53 Å². The van der Waals surface area contributed by atoms with E-state index in [2.05, 4.69) is 0 Å². The Morgan fingerprint density at radius 1 is 1.22 bits per heavy atom. The van der Waals surface area contributed by atoms with E-state index in [1.807, 2.05) is 39.0 Å². The monoisotopic (exact) mass is 311 g/mol. The van der Waals surface area contributed by atoms with Gasteiger partial charge in [-0.2, -0.15) is 0 Å². The number of benzene rings is 1. The van der Waals surface area contributed by atoms with E-state index in [0.717, 1.165) is 16.0 Å². The van der Waals surface area contributed by atoms with Gasteiger partial charge in [-0.3, -0.25) is 4.79 Å². The van der Waals surface area contributed by atoms with Gasteiger partial charge in [0.15, 0.2) is 0 Å². The minimum atomic E-state index is -0.449. The molecule has 0 amide bonds. The second-order valence-electron chi connectivity index (χ2n) is 5.61. The second kappa shape index (κ2) is 6.65. The lowest BCUT2D eigenvalue weighted by Gasteiger charge is -2.07. The van der Waals surface area contributed by atoms with E-state index in [9.17, 15) is 9.59 Å². The molecule has 120 valence electrons. The van der Waals surface area contributed by atoms with Gasteiger partial charge in [0.1, 0.15) is 0 Å². The molecule has 0 aliphatic rings. The van der Waals surface area contributed by atoms with Crippen LogP contribution in [-0.4, -0.2) is 17.6 Å². The molecule has 0 atom stereocenters. The fourth-order valence-electron chi connectivity index (χ4n) is 2.58. The molecule has 0 unspecified atom stereocenters. The van der Waals surface area contributed by atoms with Crippen molar-refractivity contribution in [3.05, 3.63) is 56.3 Å². The van der Waals surface area contributed by atoms with Crippen LogP contribution in [0.3, 0.4) is 0 Å². The number of allylic oxidation sites excluding steroid dienone is 2. The van der Waals surface area contributed by atoms with Gasteiger partial charge in [0.2, 0.25) is 0 Å². The molecular formula is C19H21NO3. The number of methoxy groups -OCH3 is 1. The van der Waals surface area contributed by atoms with Crippen molar-refractivity contribution in [3.8, 4) is 0 Å². The summed E-state index contributed by atoms with van der Waals surface area (Å²) in [4.78, 5) is 24.3. The molecule has 4 heteroatoms. The third kappa shape index (κ3) is 3.11. The number of aromatic nitrogens is 1. The molecule has 1 heterocycles. The van der Waals surface area contributed by atoms with Gasteiger partial charge in [-0.15, -0.1) is 0 Å². The topological polar surface area (TPSA) is 48.3 Å². The van der Waals surface area contributed by atoms with Crippen LogP contribution >= 0.6 is 0 Å². The summed E-state index contributed by atoms with van der Waals surface area (Å²) in [6, 6.07) is 5.09. The molecule has 0 bridgehead atoms. The van der Waals surface area contributed by atoms with Crippen molar-refractivity contribution >= 4 is 28.9 Å². The van der Waals surface area contributed by atoms with Gasteiger partial charge in [-0.25, -0.2) is 4.79 Å². The van der Waals surface area contributed by atoms with Crippen molar-refractivity contribution in [1.29, 1.82) is 0 Å². The Morgan fingerprint density at radius 3 is 2.48 bits per heavy atom. The first kappa shape index (κ1) is 16.7. The number of fused-ring (bicyclic) bond motifs is 1. The van der Waals surface area contributed by atoms with Crippen molar-refractivity contribution in [2.24, 2.45) is 7.05 Å². The number of hydrogen-bond acceptors (Lipinski definition) is 3. The summed E-state index contributed by atoms with van der Waals surface area (Å²) in [5, 5.41) is 3.15. The Hall–Kier alpha value is -2.62. The quantitative estimate of drug-likeness (QED) is 0.796. The van der Waals surface area contributed by atoms with Crippen LogP contribution in [0.5, 0.6) is 0 Å². The summed E-state index contributed by atoms with van der Waals surface area (Å²) in [5.41, 5.74) is 1.41. The van der Waals surface area contributed by atoms with Gasteiger partial charge in [-0.05, 0) is 38.3 Å². The van der Waals surface area contributed by atoms with Gasteiger partial charge in [-0.1, -0.05) is 29.9 Å². The number of esters is 1. The zero-order valence-electron chi connectivity index (χ0n) is 14.1. The fourth-order valence-corrected chi connectivity index (χ4v) is 2.58. The van der Waals surface area contributed by atoms with Crippen molar-refractivity contribution in [2.75, 3.05) is 7.11 Å². The van der Waals surface area contributed by atoms with Crippen LogP contribution in [0.1, 0.15) is 31.1 Å². The fraction of sp³-hybridized carbons (Fsp3) is 0.263. The van der Waals surface area contributed by atoms with E-state index in [0.29, 0.717) is 10.9 Å². The molecule has 0 saturated heterocycles. The highest BCUT2D eigenvalue weighted by Gasteiger charge is 2.10. The van der Waals surface area contributed by atoms with E-state index in [4.69, 9.17) is 4.74 Å². The molecule has 0 N–H and O–H groups in total. The average Bonchev–Trinajstić information content (AvgIpc) is 2.55. The van der Waals surface area contributed by atoms with E-state index in [1.54, 1.807) is 29.8 Å². The molecule has 0 fully saturated rings. The maximum absolute atomic E-state index is 12.6. The highest BCUT2D eigenvalue weighted by atomic mass is 16.5. The predicted octanol–water partition coefficient (Wildman–Crippen LogP) is 1.87. The highest BCUT2D eigenvalue weighted by molar-refractivity contribution is 5.95. The van der Waals surface area contributed by atoms with Gasteiger partial charge < -0.3 is 9.30 Å². The molecule has 2 aromatic rings. The van der Waals surface area contributed by atoms with E-state index in [-0.39, 0.29) is 5.56 Å². The summed E-state index contributed by atoms with van der Waals surface area (Å²) in [6.45, 7) is 5.94. The summed E-state index contributed by atoms with van der Waals surface area (Å²) in [7, 11) is 3.07. The minimum absolute atomic E-state index is 0.131. The lowest BCUT2D eigenvalue weighted by molar-refractivity contribution is 0.0601. The van der Waals surface area contributed by atoms with Crippen LogP contribution in [0.25, 0.3) is 22.9 Å². The number of pyridine rings is 1. The van der Waals surface area contributed by atoms with Crippen LogP contribution in [-0.2, 0) is 11.8 Å². The molecule has 2 rings (SSSR count). The van der Waals surface area contributed by atoms with Crippen LogP contribution in [0, 0.1) is 0 Å². The van der Waals surface area contributed by atoms with Crippen molar-refractivity contribution in [1.82, 2.24) is 4.57 Å². The van der Waals surface area contributed by atoms with Gasteiger partial charge in [0.25, 0.3) is 5.56 Å². The third-order valence-corrected chi connectivity index (χ3v) is 3.76. The highest BCUT2D eigenvalue weighted by Crippen LogP contribution is 2.09. The molecular weight excluding hydrogens is 290 g/mol. The van der Waals surface area contributed by atoms with E-state index >= 15 is 0 Å². The largest absolute Gasteiger partial charge is 0.465 e. The Morgan fingerprint density at radius 2 is 1.91 bits per heavy atom. The van der Waals surface area contributed by atoms with Gasteiger partial charge >= 0.3 is 5.97 Å². The Kier molecular flexibility index (Phi) is 4.84. The standard InChI is InChI=1S/C19H21NO3/c1-6-17-15(9-7-12(2)3)14-10-8-13(19(22)23-5)11-16(14)18(21)20(17)4/h6-11H,1-5H3. The minimum Gasteiger partial charge on any atom is -0.465 e. The second-order valence-corrected chi connectivity index (χ2v) is 5.61. The van der Waals surface area contributed by atoms with Crippen molar-refractivity contribution in [3.63, 3.8) is 0 Å². The maximum atomic E-state index is 12.6. The van der Waals surface area contributed by atoms with Crippen LogP contribution < -0.4 is 16.1 Å². The van der Waals surface area contributed by atoms with Crippen LogP contribution in [0.15, 0.2) is 34.6 Å². The Balaban J connectivity index is 3.03. The summed E-state index contributed by atoms with van der Waals surface area (Å²) in [5.74, 6) is -0.449. The number of carbonyl (C=O) groups is 1. The van der Waals surface area contributed by atoms with Gasteiger partial charge in [0.05, 0.1) is 12.7 Å². The molecule has 0 aliphatic heterocycles. The first-order valence-corrected chi connectivity index (χ1v) is 7.43. The molecule has 1 aromatic heterocycles. The van der Waals surface area contributed by atoms with Gasteiger partial charge in [0, 0.05) is 23.0 Å².